The molecule has 0 saturated heterocycles. The summed E-state index contributed by atoms with van der Waals surface area (Å²) in [7, 11) is -3.29. The Morgan fingerprint density at radius 2 is 1.73 bits per heavy atom. The third kappa shape index (κ3) is 4.15. The van der Waals surface area contributed by atoms with Gasteiger partial charge < -0.3 is 5.73 Å². The van der Waals surface area contributed by atoms with Gasteiger partial charge in [0.15, 0.2) is 9.84 Å². The van der Waals surface area contributed by atoms with Crippen LogP contribution in [0, 0.1) is 5.82 Å². The molecule has 2 N–H and O–H groups in total. The first-order valence-corrected chi connectivity index (χ1v) is 5.90. The number of hydrogen-bond donors (Lipinski definition) is 1. The van der Waals surface area contributed by atoms with Crippen LogP contribution in [0.5, 0.6) is 0 Å². The molecule has 86 valence electrons. The number of rotatable bonds is 4. The quantitative estimate of drug-likeness (QED) is 0.825. The molecule has 0 unspecified atom stereocenters. The summed E-state index contributed by atoms with van der Waals surface area (Å²) in [5.74, 6) is -0.433. The minimum Gasteiger partial charge on any atom is -0.330 e. The van der Waals surface area contributed by atoms with Crippen LogP contribution in [-0.2, 0) is 9.84 Å². The Morgan fingerprint density at radius 1 is 1.20 bits per heavy atom. The van der Waals surface area contributed by atoms with E-state index in [1.807, 2.05) is 0 Å². The summed E-state index contributed by atoms with van der Waals surface area (Å²) in [4.78, 5) is 0.146. The highest BCUT2D eigenvalue weighted by Gasteiger charge is 2.12. The fourth-order valence-corrected chi connectivity index (χ4v) is 2.37. The van der Waals surface area contributed by atoms with E-state index in [2.05, 4.69) is 0 Å². The van der Waals surface area contributed by atoms with Gasteiger partial charge in [-0.1, -0.05) is 0 Å². The Bertz CT molecular complexity index is 391. The molecule has 0 aliphatic rings. The SMILES string of the molecule is Cl.NCCCS(=O)(=O)c1ccc(F)cc1. The molecule has 1 rings (SSSR count). The third-order valence-electron chi connectivity index (χ3n) is 1.79. The highest BCUT2D eigenvalue weighted by atomic mass is 35.5. The van der Waals surface area contributed by atoms with E-state index in [4.69, 9.17) is 5.73 Å². The minimum atomic E-state index is -3.29. The van der Waals surface area contributed by atoms with E-state index in [0.29, 0.717) is 13.0 Å². The summed E-state index contributed by atoms with van der Waals surface area (Å²) in [6, 6.07) is 4.80. The first kappa shape index (κ1) is 14.3. The van der Waals surface area contributed by atoms with Gasteiger partial charge in [-0.05, 0) is 37.2 Å². The van der Waals surface area contributed by atoms with Crippen LogP contribution in [0.3, 0.4) is 0 Å². The fourth-order valence-electron chi connectivity index (χ4n) is 1.03. The number of sulfone groups is 1. The molecule has 15 heavy (non-hydrogen) atoms. The molecule has 6 heteroatoms. The summed E-state index contributed by atoms with van der Waals surface area (Å²) in [5, 5.41) is 0. The van der Waals surface area contributed by atoms with E-state index in [1.54, 1.807) is 0 Å². The van der Waals surface area contributed by atoms with Crippen LogP contribution in [0.1, 0.15) is 6.42 Å². The number of hydrogen-bond acceptors (Lipinski definition) is 3. The van der Waals surface area contributed by atoms with Crippen molar-refractivity contribution >= 4 is 22.2 Å². The van der Waals surface area contributed by atoms with Crippen molar-refractivity contribution < 1.29 is 12.8 Å². The lowest BCUT2D eigenvalue weighted by molar-refractivity contribution is 0.592. The maximum atomic E-state index is 12.5. The molecule has 1 aromatic carbocycles. The molecule has 0 saturated carbocycles. The van der Waals surface area contributed by atoms with Gasteiger partial charge in [-0.2, -0.15) is 0 Å². The van der Waals surface area contributed by atoms with Crippen LogP contribution < -0.4 is 5.73 Å². The zero-order chi connectivity index (χ0) is 10.6. The smallest absolute Gasteiger partial charge is 0.178 e. The maximum Gasteiger partial charge on any atom is 0.178 e. The molecule has 0 spiro atoms. The van der Waals surface area contributed by atoms with E-state index in [9.17, 15) is 12.8 Å². The van der Waals surface area contributed by atoms with Crippen LogP contribution in [0.4, 0.5) is 4.39 Å². The number of benzene rings is 1. The zero-order valence-corrected chi connectivity index (χ0v) is 9.65. The van der Waals surface area contributed by atoms with E-state index < -0.39 is 15.7 Å². The van der Waals surface area contributed by atoms with Gasteiger partial charge in [0.05, 0.1) is 10.6 Å². The summed E-state index contributed by atoms with van der Waals surface area (Å²) >= 11 is 0. The normalized spacial score (nSPS) is 10.8. The molecule has 0 bridgehead atoms. The molecular weight excluding hydrogens is 241 g/mol. The van der Waals surface area contributed by atoms with Gasteiger partial charge in [-0.15, -0.1) is 12.4 Å². The highest BCUT2D eigenvalue weighted by Crippen LogP contribution is 2.12. The van der Waals surface area contributed by atoms with Gasteiger partial charge in [-0.3, -0.25) is 0 Å². The zero-order valence-electron chi connectivity index (χ0n) is 8.02. The fraction of sp³-hybridized carbons (Fsp3) is 0.333. The van der Waals surface area contributed by atoms with Crippen molar-refractivity contribution in [1.29, 1.82) is 0 Å². The maximum absolute atomic E-state index is 12.5. The molecule has 0 atom stereocenters. The Hall–Kier alpha value is -0.650. The van der Waals surface area contributed by atoms with Crippen LogP contribution >= 0.6 is 12.4 Å². The lowest BCUT2D eigenvalue weighted by Gasteiger charge is -2.02. The van der Waals surface area contributed by atoms with Crippen LogP contribution in [0.25, 0.3) is 0 Å². The van der Waals surface area contributed by atoms with Crippen LogP contribution in [-0.4, -0.2) is 20.7 Å². The second-order valence-corrected chi connectivity index (χ2v) is 5.02. The van der Waals surface area contributed by atoms with Crippen molar-refractivity contribution in [1.82, 2.24) is 0 Å². The first-order valence-electron chi connectivity index (χ1n) is 4.24. The Morgan fingerprint density at radius 3 is 2.20 bits per heavy atom. The van der Waals surface area contributed by atoms with Gasteiger partial charge in [0, 0.05) is 0 Å². The number of halogens is 2. The first-order chi connectivity index (χ1) is 6.56. The van der Waals surface area contributed by atoms with E-state index in [1.165, 1.54) is 12.1 Å². The van der Waals surface area contributed by atoms with Gasteiger partial charge in [0.2, 0.25) is 0 Å². The molecule has 3 nitrogen and oxygen atoms in total. The van der Waals surface area contributed by atoms with E-state index in [-0.39, 0.29) is 23.1 Å². The van der Waals surface area contributed by atoms with Crippen molar-refractivity contribution in [2.75, 3.05) is 12.3 Å². The summed E-state index contributed by atoms with van der Waals surface area (Å²) in [5.41, 5.74) is 5.21. The molecule has 0 fully saturated rings. The summed E-state index contributed by atoms with van der Waals surface area (Å²) in [6.07, 6.45) is 0.416. The molecule has 0 aromatic heterocycles. The third-order valence-corrected chi connectivity index (χ3v) is 3.61. The Kier molecular flexibility index (Phi) is 5.79. The second kappa shape index (κ2) is 6.05. The lowest BCUT2D eigenvalue weighted by atomic mass is 10.4. The average Bonchev–Trinajstić information content (AvgIpc) is 2.16. The predicted octanol–water partition coefficient (Wildman–Crippen LogP) is 1.37. The van der Waals surface area contributed by atoms with Crippen molar-refractivity contribution in [2.45, 2.75) is 11.3 Å². The Balaban J connectivity index is 0.00000196. The minimum absolute atomic E-state index is 0. The number of nitrogens with two attached hydrogens (primary N) is 1. The highest BCUT2D eigenvalue weighted by molar-refractivity contribution is 7.91. The van der Waals surface area contributed by atoms with Crippen molar-refractivity contribution in [2.24, 2.45) is 5.73 Å². The van der Waals surface area contributed by atoms with Crippen LogP contribution in [0.2, 0.25) is 0 Å². The van der Waals surface area contributed by atoms with E-state index in [0.717, 1.165) is 12.1 Å². The lowest BCUT2D eigenvalue weighted by Crippen LogP contribution is -2.11. The largest absolute Gasteiger partial charge is 0.330 e. The van der Waals surface area contributed by atoms with E-state index >= 15 is 0 Å². The average molecular weight is 254 g/mol. The Labute approximate surface area is 94.8 Å². The van der Waals surface area contributed by atoms with Crippen molar-refractivity contribution in [3.05, 3.63) is 30.1 Å². The van der Waals surface area contributed by atoms with Crippen molar-refractivity contribution in [3.8, 4) is 0 Å². The van der Waals surface area contributed by atoms with Gasteiger partial charge in [0.1, 0.15) is 5.82 Å². The predicted molar refractivity (Wildman–Crippen MR) is 59.4 cm³/mol. The molecular formula is C9H13ClFNO2S. The molecule has 0 heterocycles. The molecule has 0 amide bonds. The molecule has 1 aromatic rings. The standard InChI is InChI=1S/C9H12FNO2S.ClH/c10-8-2-4-9(5-3-8)14(12,13)7-1-6-11;/h2-5H,1,6-7,11H2;1H. The summed E-state index contributed by atoms with van der Waals surface area (Å²) < 4.78 is 35.6. The van der Waals surface area contributed by atoms with Crippen molar-refractivity contribution in [3.63, 3.8) is 0 Å². The molecule has 0 radical (unpaired) electrons. The summed E-state index contributed by atoms with van der Waals surface area (Å²) in [6.45, 7) is 0.334. The monoisotopic (exact) mass is 253 g/mol. The molecule has 0 aliphatic carbocycles. The topological polar surface area (TPSA) is 60.2 Å². The second-order valence-electron chi connectivity index (χ2n) is 2.92. The molecule has 0 aliphatic heterocycles. The van der Waals surface area contributed by atoms with Crippen LogP contribution in [0.15, 0.2) is 29.2 Å². The van der Waals surface area contributed by atoms with Gasteiger partial charge in [0.25, 0.3) is 0 Å². The van der Waals surface area contributed by atoms with Gasteiger partial charge >= 0.3 is 0 Å². The van der Waals surface area contributed by atoms with Gasteiger partial charge in [-0.25, -0.2) is 12.8 Å².